The van der Waals surface area contributed by atoms with E-state index in [1.165, 1.54) is 0 Å². The minimum atomic E-state index is -0.759. The lowest BCUT2D eigenvalue weighted by Gasteiger charge is -2.29. The van der Waals surface area contributed by atoms with Gasteiger partial charge in [-0.2, -0.15) is 5.06 Å². The zero-order valence-electron chi connectivity index (χ0n) is 16.5. The molecule has 5 heteroatoms. The lowest BCUT2D eigenvalue weighted by molar-refractivity contribution is -0.171. The van der Waals surface area contributed by atoms with Gasteiger partial charge in [-0.25, -0.2) is 0 Å². The van der Waals surface area contributed by atoms with E-state index in [-0.39, 0.29) is 11.6 Å². The molecule has 1 heterocycles. The van der Waals surface area contributed by atoms with Crippen LogP contribution in [0, 0.1) is 5.92 Å². The van der Waals surface area contributed by atoms with Crippen molar-refractivity contribution in [3.8, 4) is 11.1 Å². The fraction of sp³-hybridized carbons (Fsp3) is 0.391. The summed E-state index contributed by atoms with van der Waals surface area (Å²) in [5, 5.41) is 2.32. The van der Waals surface area contributed by atoms with E-state index in [1.54, 1.807) is 12.1 Å². The van der Waals surface area contributed by atoms with Crippen LogP contribution in [-0.2, 0) is 20.8 Å². The molecule has 0 radical (unpaired) electrons. The van der Waals surface area contributed by atoms with Crippen molar-refractivity contribution >= 4 is 23.2 Å². The van der Waals surface area contributed by atoms with E-state index in [2.05, 4.69) is 0 Å². The molecule has 0 bridgehead atoms. The number of rotatable bonds is 3. The lowest BCUT2D eigenvalue weighted by Crippen LogP contribution is -2.42. The van der Waals surface area contributed by atoms with E-state index in [4.69, 9.17) is 16.4 Å². The van der Waals surface area contributed by atoms with E-state index in [0.717, 1.165) is 28.7 Å². The van der Waals surface area contributed by atoms with E-state index in [1.807, 2.05) is 63.2 Å². The highest BCUT2D eigenvalue weighted by Crippen LogP contribution is 2.47. The first-order chi connectivity index (χ1) is 13.3. The highest BCUT2D eigenvalue weighted by Gasteiger charge is 2.62. The molecule has 1 unspecified atom stereocenters. The number of carbonyl (C=O) groups is 2. The number of hydroxylamine groups is 2. The van der Waals surface area contributed by atoms with Crippen molar-refractivity contribution in [2.75, 3.05) is 7.05 Å². The van der Waals surface area contributed by atoms with E-state index < -0.39 is 23.5 Å². The van der Waals surface area contributed by atoms with Crippen molar-refractivity contribution < 1.29 is 14.4 Å². The zero-order chi connectivity index (χ0) is 20.2. The largest absolute Gasteiger partial charge is 0.298 e. The number of ketones is 2. The van der Waals surface area contributed by atoms with Crippen molar-refractivity contribution in [1.82, 2.24) is 5.06 Å². The van der Waals surface area contributed by atoms with Gasteiger partial charge in [0.15, 0.2) is 17.7 Å². The van der Waals surface area contributed by atoms with Gasteiger partial charge < -0.3 is 0 Å². The highest BCUT2D eigenvalue weighted by atomic mass is 35.5. The molecule has 1 aliphatic heterocycles. The molecule has 0 spiro atoms. The van der Waals surface area contributed by atoms with Gasteiger partial charge in [0.1, 0.15) is 5.92 Å². The molecule has 2 aromatic carbocycles. The van der Waals surface area contributed by atoms with Crippen molar-refractivity contribution in [1.29, 1.82) is 0 Å². The summed E-state index contributed by atoms with van der Waals surface area (Å²) in [7, 11) is 1.78. The number of hydrogen-bond donors (Lipinski definition) is 0. The van der Waals surface area contributed by atoms with Crippen LogP contribution in [0.15, 0.2) is 42.5 Å². The van der Waals surface area contributed by atoms with Gasteiger partial charge >= 0.3 is 0 Å². The molecule has 146 valence electrons. The summed E-state index contributed by atoms with van der Waals surface area (Å²) in [6.07, 6.45) is 0.0636. The normalized spacial score (nSPS) is 26.7. The van der Waals surface area contributed by atoms with Gasteiger partial charge in [0.05, 0.1) is 11.5 Å². The maximum Gasteiger partial charge on any atom is 0.179 e. The Bertz CT molecular complexity index is 951. The smallest absolute Gasteiger partial charge is 0.179 e. The lowest BCUT2D eigenvalue weighted by atomic mass is 9.82. The molecule has 4 rings (SSSR count). The number of carbonyl (C=O) groups excluding carboxylic acids is 2. The molecular weight excluding hydrogens is 374 g/mol. The van der Waals surface area contributed by atoms with Gasteiger partial charge in [-0.1, -0.05) is 42.8 Å². The second kappa shape index (κ2) is 6.80. The quantitative estimate of drug-likeness (QED) is 0.718. The fourth-order valence-electron chi connectivity index (χ4n) is 4.44. The summed E-state index contributed by atoms with van der Waals surface area (Å²) >= 11 is 6.01. The Labute approximate surface area is 170 Å². The van der Waals surface area contributed by atoms with Crippen LogP contribution in [-0.4, -0.2) is 35.3 Å². The summed E-state index contributed by atoms with van der Waals surface area (Å²) in [4.78, 5) is 32.4. The van der Waals surface area contributed by atoms with E-state index >= 15 is 0 Å². The van der Waals surface area contributed by atoms with Gasteiger partial charge in [-0.15, -0.1) is 0 Å². The molecule has 0 N–H and O–H groups in total. The first-order valence-corrected chi connectivity index (χ1v) is 10.00. The Morgan fingerprint density at radius 2 is 1.68 bits per heavy atom. The number of hydrogen-bond acceptors (Lipinski definition) is 4. The minimum Gasteiger partial charge on any atom is -0.298 e. The molecule has 1 saturated heterocycles. The topological polar surface area (TPSA) is 46.6 Å². The predicted molar refractivity (Wildman–Crippen MR) is 109 cm³/mol. The predicted octanol–water partition coefficient (Wildman–Crippen LogP) is 4.45. The van der Waals surface area contributed by atoms with Crippen LogP contribution < -0.4 is 0 Å². The average molecular weight is 398 g/mol. The monoisotopic (exact) mass is 397 g/mol. The van der Waals surface area contributed by atoms with E-state index in [9.17, 15) is 9.59 Å². The zero-order valence-corrected chi connectivity index (χ0v) is 17.3. The maximum atomic E-state index is 13.4. The van der Waals surface area contributed by atoms with Crippen LogP contribution in [0.2, 0.25) is 5.02 Å². The van der Waals surface area contributed by atoms with Gasteiger partial charge in [0, 0.05) is 12.1 Å². The molecule has 2 aromatic rings. The van der Waals surface area contributed by atoms with Crippen LogP contribution in [0.5, 0.6) is 0 Å². The molecule has 1 aliphatic carbocycles. The molecule has 28 heavy (non-hydrogen) atoms. The summed E-state index contributed by atoms with van der Waals surface area (Å²) in [6.45, 7) is 5.95. The van der Waals surface area contributed by atoms with Crippen LogP contribution in [0.25, 0.3) is 11.1 Å². The first kappa shape index (κ1) is 19.3. The van der Waals surface area contributed by atoms with Crippen LogP contribution >= 0.6 is 11.6 Å². The number of fused-ring (bicyclic) bond motifs is 1. The van der Waals surface area contributed by atoms with E-state index in [0.29, 0.717) is 5.02 Å². The second-order valence-corrected chi connectivity index (χ2v) is 8.60. The summed E-state index contributed by atoms with van der Waals surface area (Å²) in [5.74, 6) is -1.37. The SMILES string of the molecule is CCc1ccc(-c2ccc(Cl)cc2)cc1C1C(=O)[C@@H]2[C@@H](ON(C)C2(C)C)C1=O. The van der Waals surface area contributed by atoms with Gasteiger partial charge in [-0.3, -0.25) is 14.4 Å². The summed E-state index contributed by atoms with van der Waals surface area (Å²) in [5.41, 5.74) is 3.30. The maximum absolute atomic E-state index is 13.4. The van der Waals surface area contributed by atoms with Gasteiger partial charge in [0.2, 0.25) is 0 Å². The first-order valence-electron chi connectivity index (χ1n) is 9.62. The van der Waals surface area contributed by atoms with Gasteiger partial charge in [0.25, 0.3) is 0 Å². The second-order valence-electron chi connectivity index (χ2n) is 8.17. The van der Waals surface area contributed by atoms with Crippen molar-refractivity contribution in [3.63, 3.8) is 0 Å². The molecule has 2 aliphatic rings. The van der Waals surface area contributed by atoms with Crippen molar-refractivity contribution in [3.05, 3.63) is 58.6 Å². The fourth-order valence-corrected chi connectivity index (χ4v) is 4.57. The number of halogens is 1. The molecule has 0 amide bonds. The molecular formula is C23H24ClNO3. The number of Topliss-reactive ketones (excluding diaryl/α,β-unsaturated/α-hetero) is 2. The Hall–Kier alpha value is -2.01. The average Bonchev–Trinajstić information content (AvgIpc) is 3.06. The number of aryl methyl sites for hydroxylation is 1. The number of benzene rings is 2. The standard InChI is InChI=1S/C23H24ClNO3/c1-5-13-6-7-15(14-8-10-16(24)11-9-14)12-17(13)18-20(26)19-22(21(18)27)28-25(4)23(19,2)3/h6-12,18-19,22H,5H2,1-4H3/t18?,19-,22-/m1/s1. The highest BCUT2D eigenvalue weighted by molar-refractivity contribution is 6.30. The Morgan fingerprint density at radius 1 is 1.04 bits per heavy atom. The Morgan fingerprint density at radius 3 is 2.29 bits per heavy atom. The summed E-state index contributed by atoms with van der Waals surface area (Å²) < 4.78 is 0. The third-order valence-corrected chi connectivity index (χ3v) is 6.57. The molecule has 3 atom stereocenters. The van der Waals surface area contributed by atoms with Crippen LogP contribution in [0.4, 0.5) is 0 Å². The Balaban J connectivity index is 1.78. The van der Waals surface area contributed by atoms with Crippen LogP contribution in [0.3, 0.4) is 0 Å². The van der Waals surface area contributed by atoms with Crippen molar-refractivity contribution in [2.45, 2.75) is 44.8 Å². The number of nitrogens with zero attached hydrogens (tertiary/aromatic N) is 1. The van der Waals surface area contributed by atoms with Crippen molar-refractivity contribution in [2.24, 2.45) is 5.92 Å². The molecule has 1 saturated carbocycles. The summed E-state index contributed by atoms with van der Waals surface area (Å²) in [6, 6.07) is 13.6. The van der Waals surface area contributed by atoms with Crippen LogP contribution in [0.1, 0.15) is 37.8 Å². The molecule has 4 nitrogen and oxygen atoms in total. The third-order valence-electron chi connectivity index (χ3n) is 6.32. The molecule has 0 aromatic heterocycles. The van der Waals surface area contributed by atoms with Gasteiger partial charge in [-0.05, 0) is 60.7 Å². The minimum absolute atomic E-state index is 0.0349. The molecule has 2 fully saturated rings. The Kier molecular flexibility index (Phi) is 4.69. The third kappa shape index (κ3) is 2.83.